The monoisotopic (exact) mass is 329 g/mol. The van der Waals surface area contributed by atoms with Crippen molar-refractivity contribution in [1.82, 2.24) is 9.97 Å². The van der Waals surface area contributed by atoms with Gasteiger partial charge in [0.05, 0.1) is 0 Å². The summed E-state index contributed by atoms with van der Waals surface area (Å²) in [6.07, 6.45) is 3.94. The van der Waals surface area contributed by atoms with Crippen LogP contribution in [0.5, 0.6) is 0 Å². The molecular weight excluding hydrogens is 309 g/mol. The van der Waals surface area contributed by atoms with Crippen molar-refractivity contribution in [2.45, 2.75) is 39.5 Å². The maximum absolute atomic E-state index is 4.32. The van der Waals surface area contributed by atoms with Crippen LogP contribution < -0.4 is 0 Å². The van der Waals surface area contributed by atoms with E-state index in [-0.39, 0.29) is 24.9 Å². The molecule has 97 valence electrons. The van der Waals surface area contributed by atoms with E-state index in [9.17, 15) is 0 Å². The summed E-state index contributed by atoms with van der Waals surface area (Å²) in [5, 5.41) is 0. The van der Waals surface area contributed by atoms with Crippen LogP contribution in [0.1, 0.15) is 36.5 Å². The fourth-order valence-corrected chi connectivity index (χ4v) is 1.99. The van der Waals surface area contributed by atoms with E-state index < -0.39 is 0 Å². The Morgan fingerprint density at radius 3 is 2.28 bits per heavy atom. The number of nitrogens with one attached hydrogen (secondary N) is 1. The molecule has 1 heterocycles. The first-order chi connectivity index (χ1) is 7.97. The van der Waals surface area contributed by atoms with Gasteiger partial charge in [-0.3, -0.25) is 0 Å². The summed E-state index contributed by atoms with van der Waals surface area (Å²) in [5.74, 6) is 1.01. The summed E-state index contributed by atoms with van der Waals surface area (Å²) in [7, 11) is 0. The van der Waals surface area contributed by atoms with Gasteiger partial charge < -0.3 is 9.97 Å². The molecule has 2 nitrogen and oxygen atoms in total. The number of hydrogen-bond acceptors (Lipinski definition) is 1. The van der Waals surface area contributed by atoms with Crippen LogP contribution in [0.2, 0.25) is 0 Å². The van der Waals surface area contributed by atoms with Crippen LogP contribution >= 0.6 is 0 Å². The molecule has 0 amide bonds. The molecule has 1 N–H and O–H groups in total. The standard InChI is InChI=1S/C15H19N2.Ru/c1-11-5-7-13(8-6-11)9-15(3,4)14-16-10-12(2)17-14;/h5-8H,9H2,1-4H3,(H,16,17);/q-1;+1. The third-order valence-corrected chi connectivity index (χ3v) is 3.05. The van der Waals surface area contributed by atoms with Gasteiger partial charge in [-0.1, -0.05) is 49.4 Å². The minimum absolute atomic E-state index is 0. The van der Waals surface area contributed by atoms with Gasteiger partial charge in [0.2, 0.25) is 0 Å². The molecule has 0 spiro atoms. The topological polar surface area (TPSA) is 28.7 Å². The van der Waals surface area contributed by atoms with Crippen molar-refractivity contribution >= 4 is 0 Å². The molecule has 0 atom stereocenters. The second-order valence-corrected chi connectivity index (χ2v) is 5.37. The Labute approximate surface area is 122 Å². The number of rotatable bonds is 3. The number of benzene rings is 1. The van der Waals surface area contributed by atoms with E-state index in [0.717, 1.165) is 17.9 Å². The summed E-state index contributed by atoms with van der Waals surface area (Å²) in [5.41, 5.74) is 3.65. The maximum atomic E-state index is 4.32. The zero-order valence-corrected chi connectivity index (χ0v) is 13.1. The number of aryl methyl sites for hydroxylation is 2. The minimum Gasteiger partial charge on any atom is -0.439 e. The van der Waals surface area contributed by atoms with Gasteiger partial charge in [0.15, 0.2) is 0 Å². The predicted molar refractivity (Wildman–Crippen MR) is 70.1 cm³/mol. The fourth-order valence-electron chi connectivity index (χ4n) is 1.99. The van der Waals surface area contributed by atoms with E-state index in [1.807, 2.05) is 6.92 Å². The molecule has 1 radical (unpaired) electrons. The Kier molecular flexibility index (Phi) is 4.87. The molecule has 0 aliphatic rings. The van der Waals surface area contributed by atoms with Crippen LogP contribution in [0, 0.1) is 20.0 Å². The molecule has 2 rings (SSSR count). The van der Waals surface area contributed by atoms with E-state index in [4.69, 9.17) is 0 Å². The van der Waals surface area contributed by atoms with Gasteiger partial charge in [-0.2, -0.15) is 0 Å². The molecule has 0 bridgehead atoms. The Balaban J connectivity index is 0.00000162. The zero-order valence-electron chi connectivity index (χ0n) is 11.3. The molecule has 0 saturated heterocycles. The van der Waals surface area contributed by atoms with Crippen LogP contribution in [0.3, 0.4) is 0 Å². The maximum Gasteiger partial charge on any atom is 1.00 e. The van der Waals surface area contributed by atoms with Crippen molar-refractivity contribution < 1.29 is 19.5 Å². The molecule has 3 heteroatoms. The molecule has 1 aromatic heterocycles. The van der Waals surface area contributed by atoms with Gasteiger partial charge in [-0.25, -0.2) is 0 Å². The van der Waals surface area contributed by atoms with E-state index in [0.29, 0.717) is 0 Å². The fraction of sp³-hybridized carbons (Fsp3) is 0.400. The summed E-state index contributed by atoms with van der Waals surface area (Å²) in [4.78, 5) is 7.60. The molecule has 0 saturated carbocycles. The molecule has 0 aliphatic carbocycles. The van der Waals surface area contributed by atoms with Gasteiger partial charge in [-0.05, 0) is 37.1 Å². The van der Waals surface area contributed by atoms with Gasteiger partial charge in [0, 0.05) is 0 Å². The molecule has 0 fully saturated rings. The second-order valence-electron chi connectivity index (χ2n) is 5.37. The quantitative estimate of drug-likeness (QED) is 0.679. The second kappa shape index (κ2) is 5.80. The van der Waals surface area contributed by atoms with Gasteiger partial charge in [0.25, 0.3) is 0 Å². The summed E-state index contributed by atoms with van der Waals surface area (Å²) in [6, 6.07) is 8.70. The van der Waals surface area contributed by atoms with Crippen molar-refractivity contribution in [3.05, 3.63) is 53.1 Å². The Morgan fingerprint density at radius 1 is 1.17 bits per heavy atom. The average molecular weight is 328 g/mol. The molecule has 1 aromatic carbocycles. The smallest absolute Gasteiger partial charge is 0.439 e. The summed E-state index contributed by atoms with van der Waals surface area (Å²) in [6.45, 7) is 8.51. The normalized spacial score (nSPS) is 11.1. The first kappa shape index (κ1) is 15.1. The first-order valence-corrected chi connectivity index (χ1v) is 5.98. The van der Waals surface area contributed by atoms with Crippen LogP contribution in [-0.2, 0) is 31.3 Å². The van der Waals surface area contributed by atoms with Crippen molar-refractivity contribution in [3.8, 4) is 0 Å². The molecule has 2 aromatic rings. The molecular formula is C15H19N2Ru. The van der Waals surface area contributed by atoms with Crippen molar-refractivity contribution in [2.75, 3.05) is 0 Å². The van der Waals surface area contributed by atoms with Crippen molar-refractivity contribution in [3.63, 3.8) is 0 Å². The SMILES string of the molecule is Cc1ccc(CC(C)(C)c2n[c-]c(C)[nH]2)cc1.[Ru+]. The van der Waals surface area contributed by atoms with Gasteiger partial charge >= 0.3 is 19.5 Å². The van der Waals surface area contributed by atoms with Crippen molar-refractivity contribution in [1.29, 1.82) is 0 Å². The molecule has 0 unspecified atom stereocenters. The third kappa shape index (κ3) is 3.52. The third-order valence-electron chi connectivity index (χ3n) is 3.05. The van der Waals surface area contributed by atoms with E-state index >= 15 is 0 Å². The minimum atomic E-state index is 0. The Bertz CT molecular complexity index is 497. The number of aromatic nitrogens is 2. The predicted octanol–water partition coefficient (Wildman–Crippen LogP) is 3.34. The average Bonchev–Trinajstić information content (AvgIpc) is 2.69. The number of aromatic amines is 1. The van der Waals surface area contributed by atoms with Crippen LogP contribution in [0.25, 0.3) is 0 Å². The van der Waals surface area contributed by atoms with Gasteiger partial charge in [0.1, 0.15) is 0 Å². The number of imidazole rings is 1. The first-order valence-electron chi connectivity index (χ1n) is 5.98. The number of hydrogen-bond donors (Lipinski definition) is 1. The van der Waals surface area contributed by atoms with E-state index in [1.165, 1.54) is 11.1 Å². The summed E-state index contributed by atoms with van der Waals surface area (Å²) < 4.78 is 0. The van der Waals surface area contributed by atoms with Gasteiger partial charge in [-0.15, -0.1) is 6.20 Å². The Morgan fingerprint density at radius 2 is 1.78 bits per heavy atom. The molecule has 0 aliphatic heterocycles. The van der Waals surface area contributed by atoms with Crippen LogP contribution in [-0.4, -0.2) is 9.97 Å². The Hall–Kier alpha value is -0.947. The zero-order chi connectivity index (χ0) is 12.5. The number of nitrogens with zero attached hydrogens (tertiary/aromatic N) is 1. The van der Waals surface area contributed by atoms with E-state index in [1.54, 1.807) is 0 Å². The largest absolute Gasteiger partial charge is 1.00 e. The number of H-pyrrole nitrogens is 1. The van der Waals surface area contributed by atoms with Crippen molar-refractivity contribution in [2.24, 2.45) is 0 Å². The van der Waals surface area contributed by atoms with E-state index in [2.05, 4.69) is 61.2 Å². The van der Waals surface area contributed by atoms with Crippen LogP contribution in [0.4, 0.5) is 0 Å². The van der Waals surface area contributed by atoms with Crippen LogP contribution in [0.15, 0.2) is 24.3 Å². The summed E-state index contributed by atoms with van der Waals surface area (Å²) >= 11 is 0. The molecule has 18 heavy (non-hydrogen) atoms.